The average molecular weight is 454 g/mol. The van der Waals surface area contributed by atoms with Crippen molar-refractivity contribution in [3.63, 3.8) is 0 Å². The van der Waals surface area contributed by atoms with Crippen molar-refractivity contribution in [1.82, 2.24) is 10.2 Å². The van der Waals surface area contributed by atoms with Crippen molar-refractivity contribution in [2.24, 2.45) is 5.92 Å². The first-order chi connectivity index (χ1) is 15.8. The molecule has 1 aliphatic heterocycles. The van der Waals surface area contributed by atoms with Crippen molar-refractivity contribution < 1.29 is 23.9 Å². The zero-order valence-corrected chi connectivity index (χ0v) is 19.6. The molecular formula is C25H31N3O5. The summed E-state index contributed by atoms with van der Waals surface area (Å²) in [6, 6.07) is 10.1. The molecule has 8 heteroatoms. The van der Waals surface area contributed by atoms with Gasteiger partial charge >= 0.3 is 6.03 Å². The molecule has 0 spiro atoms. The molecule has 2 aromatic carbocycles. The van der Waals surface area contributed by atoms with Gasteiger partial charge in [0.25, 0.3) is 11.8 Å². The molecule has 0 aromatic heterocycles. The highest BCUT2D eigenvalue weighted by molar-refractivity contribution is 6.21. The van der Waals surface area contributed by atoms with Gasteiger partial charge in [0.2, 0.25) is 0 Å². The first-order valence-corrected chi connectivity index (χ1v) is 11.3. The third-order valence-electron chi connectivity index (χ3n) is 5.08. The Balaban J connectivity index is 1.56. The largest absolute Gasteiger partial charge is 0.490 e. The summed E-state index contributed by atoms with van der Waals surface area (Å²) in [6.07, 6.45) is 0.612. The highest BCUT2D eigenvalue weighted by Gasteiger charge is 2.35. The fourth-order valence-electron chi connectivity index (χ4n) is 3.65. The predicted octanol–water partition coefficient (Wildman–Crippen LogP) is 4.10. The molecule has 0 aliphatic carbocycles. The molecule has 2 aromatic rings. The van der Waals surface area contributed by atoms with Crippen LogP contribution in [0.2, 0.25) is 0 Å². The van der Waals surface area contributed by atoms with E-state index in [1.165, 1.54) is 4.90 Å². The summed E-state index contributed by atoms with van der Waals surface area (Å²) in [5.74, 6) is 0.945. The van der Waals surface area contributed by atoms with Gasteiger partial charge in [0.1, 0.15) is 0 Å². The Bertz CT molecular complexity index is 1030. The highest BCUT2D eigenvalue weighted by Crippen LogP contribution is 2.29. The summed E-state index contributed by atoms with van der Waals surface area (Å²) in [4.78, 5) is 38.7. The number of urea groups is 1. The second-order valence-electron chi connectivity index (χ2n) is 8.15. The number of fused-ring (bicyclic) bond motifs is 1. The van der Waals surface area contributed by atoms with Crippen LogP contribution in [0.15, 0.2) is 36.4 Å². The van der Waals surface area contributed by atoms with Crippen LogP contribution in [0.5, 0.6) is 11.5 Å². The van der Waals surface area contributed by atoms with E-state index in [0.29, 0.717) is 61.0 Å². The molecule has 0 bridgehead atoms. The minimum atomic E-state index is -0.387. The van der Waals surface area contributed by atoms with Crippen molar-refractivity contribution in [2.75, 3.05) is 31.6 Å². The molecule has 3 rings (SSSR count). The summed E-state index contributed by atoms with van der Waals surface area (Å²) in [6.45, 7) is 9.61. The van der Waals surface area contributed by atoms with Crippen molar-refractivity contribution in [3.05, 3.63) is 53.1 Å². The minimum Gasteiger partial charge on any atom is -0.490 e. The van der Waals surface area contributed by atoms with Crippen molar-refractivity contribution in [3.8, 4) is 11.5 Å². The van der Waals surface area contributed by atoms with E-state index in [0.717, 1.165) is 5.56 Å². The number of imide groups is 1. The lowest BCUT2D eigenvalue weighted by molar-refractivity contribution is 0.0636. The van der Waals surface area contributed by atoms with Gasteiger partial charge in [-0.3, -0.25) is 14.5 Å². The van der Waals surface area contributed by atoms with Crippen LogP contribution in [0.3, 0.4) is 0 Å². The van der Waals surface area contributed by atoms with Gasteiger partial charge in [0.05, 0.1) is 24.3 Å². The quantitative estimate of drug-likeness (QED) is 0.528. The number of nitrogens with zero attached hydrogens (tertiary/aromatic N) is 1. The number of amides is 4. The Morgan fingerprint density at radius 1 is 0.939 bits per heavy atom. The van der Waals surface area contributed by atoms with E-state index in [1.54, 1.807) is 18.2 Å². The summed E-state index contributed by atoms with van der Waals surface area (Å²) in [5, 5.41) is 5.54. The Labute approximate surface area is 194 Å². The normalized spacial score (nSPS) is 12.7. The Hall–Kier alpha value is -3.55. The average Bonchev–Trinajstić information content (AvgIpc) is 3.00. The topological polar surface area (TPSA) is 97.0 Å². The van der Waals surface area contributed by atoms with Crippen molar-refractivity contribution >= 4 is 23.5 Å². The number of nitrogens with one attached hydrogen (secondary N) is 2. The highest BCUT2D eigenvalue weighted by atomic mass is 16.5. The molecule has 0 fully saturated rings. The van der Waals surface area contributed by atoms with E-state index in [4.69, 9.17) is 9.47 Å². The summed E-state index contributed by atoms with van der Waals surface area (Å²) >= 11 is 0. The second kappa shape index (κ2) is 10.8. The number of anilines is 1. The summed E-state index contributed by atoms with van der Waals surface area (Å²) < 4.78 is 11.2. The first kappa shape index (κ1) is 24.1. The van der Waals surface area contributed by atoms with Crippen LogP contribution in [0.25, 0.3) is 0 Å². The van der Waals surface area contributed by atoms with Crippen LogP contribution >= 0.6 is 0 Å². The van der Waals surface area contributed by atoms with Gasteiger partial charge in [0, 0.05) is 18.8 Å². The first-order valence-electron chi connectivity index (χ1n) is 11.3. The molecule has 176 valence electrons. The Morgan fingerprint density at radius 2 is 1.64 bits per heavy atom. The van der Waals surface area contributed by atoms with E-state index >= 15 is 0 Å². The molecule has 1 aliphatic rings. The molecule has 0 atom stereocenters. The maximum absolute atomic E-state index is 12.6. The summed E-state index contributed by atoms with van der Waals surface area (Å²) in [5.41, 5.74) is 2.15. The van der Waals surface area contributed by atoms with Gasteiger partial charge in [-0.25, -0.2) is 4.79 Å². The van der Waals surface area contributed by atoms with E-state index < -0.39 is 0 Å². The fourth-order valence-corrected chi connectivity index (χ4v) is 3.65. The number of carbonyl (C=O) groups is 3. The summed E-state index contributed by atoms with van der Waals surface area (Å²) in [7, 11) is 0. The monoisotopic (exact) mass is 453 g/mol. The van der Waals surface area contributed by atoms with Crippen LogP contribution < -0.4 is 20.1 Å². The fraction of sp³-hybridized carbons (Fsp3) is 0.400. The lowest BCUT2D eigenvalue weighted by Crippen LogP contribution is -2.33. The molecule has 8 nitrogen and oxygen atoms in total. The van der Waals surface area contributed by atoms with Gasteiger partial charge in [-0.05, 0) is 62.1 Å². The molecule has 0 saturated carbocycles. The molecule has 2 N–H and O–H groups in total. The van der Waals surface area contributed by atoms with Crippen LogP contribution in [0.1, 0.15) is 54.0 Å². The van der Waals surface area contributed by atoms with Gasteiger partial charge < -0.3 is 20.1 Å². The van der Waals surface area contributed by atoms with E-state index in [-0.39, 0.29) is 23.8 Å². The number of ether oxygens (including phenoxy) is 2. The molecule has 0 unspecified atom stereocenters. The molecule has 0 saturated heterocycles. The molecule has 1 heterocycles. The Kier molecular flexibility index (Phi) is 7.92. The van der Waals surface area contributed by atoms with Gasteiger partial charge in [0.15, 0.2) is 11.5 Å². The van der Waals surface area contributed by atoms with Crippen LogP contribution in [0.4, 0.5) is 10.5 Å². The van der Waals surface area contributed by atoms with E-state index in [2.05, 4.69) is 10.6 Å². The zero-order chi connectivity index (χ0) is 24.0. The van der Waals surface area contributed by atoms with Gasteiger partial charge in [-0.15, -0.1) is 0 Å². The third-order valence-corrected chi connectivity index (χ3v) is 5.08. The van der Waals surface area contributed by atoms with Crippen LogP contribution in [-0.4, -0.2) is 49.0 Å². The minimum absolute atomic E-state index is 0.176. The standard InChI is InChI=1S/C25H31N3O5/c1-5-32-21-10-7-17(13-22(21)33-6-2)11-12-26-25(31)27-18-8-9-19-20(14-18)24(30)28(23(19)29)15-16(3)4/h7-10,13-14,16H,5-6,11-12,15H2,1-4H3,(H2,26,27,31). The SMILES string of the molecule is CCOc1ccc(CCNC(=O)Nc2ccc3c(c2)C(=O)N(CC(C)C)C3=O)cc1OCC. The third kappa shape index (κ3) is 5.83. The number of hydrogen-bond acceptors (Lipinski definition) is 5. The lowest BCUT2D eigenvalue weighted by atomic mass is 10.1. The van der Waals surface area contributed by atoms with Crippen molar-refractivity contribution in [1.29, 1.82) is 0 Å². The van der Waals surface area contributed by atoms with Gasteiger partial charge in [-0.1, -0.05) is 19.9 Å². The molecular weight excluding hydrogens is 422 g/mol. The second-order valence-corrected chi connectivity index (χ2v) is 8.15. The number of rotatable bonds is 10. The van der Waals surface area contributed by atoms with E-state index in [1.807, 2.05) is 45.9 Å². The molecule has 4 amide bonds. The maximum atomic E-state index is 12.6. The smallest absolute Gasteiger partial charge is 0.319 e. The maximum Gasteiger partial charge on any atom is 0.319 e. The zero-order valence-electron chi connectivity index (χ0n) is 19.6. The number of hydrogen-bond donors (Lipinski definition) is 2. The van der Waals surface area contributed by atoms with Gasteiger partial charge in [-0.2, -0.15) is 0 Å². The van der Waals surface area contributed by atoms with E-state index in [9.17, 15) is 14.4 Å². The predicted molar refractivity (Wildman–Crippen MR) is 126 cm³/mol. The molecule has 0 radical (unpaired) electrons. The Morgan fingerprint density at radius 3 is 2.33 bits per heavy atom. The lowest BCUT2D eigenvalue weighted by Gasteiger charge is -2.15. The molecule has 33 heavy (non-hydrogen) atoms. The number of benzene rings is 2. The van der Waals surface area contributed by atoms with Crippen LogP contribution in [0, 0.1) is 5.92 Å². The van der Waals surface area contributed by atoms with Crippen LogP contribution in [-0.2, 0) is 6.42 Å². The van der Waals surface area contributed by atoms with Crippen molar-refractivity contribution in [2.45, 2.75) is 34.1 Å². The number of carbonyl (C=O) groups excluding carboxylic acids is 3.